The Morgan fingerprint density at radius 2 is 1.62 bits per heavy atom. The lowest BCUT2D eigenvalue weighted by molar-refractivity contribution is 0.485. The Hall–Kier alpha value is -1.51. The summed E-state index contributed by atoms with van der Waals surface area (Å²) >= 11 is 15.3. The van der Waals surface area contributed by atoms with Gasteiger partial charge in [0.2, 0.25) is 0 Å². The summed E-state index contributed by atoms with van der Waals surface area (Å²) in [4.78, 5) is 18.6. The van der Waals surface area contributed by atoms with Crippen LogP contribution in [0, 0.1) is 11.3 Å². The number of fused-ring (bicyclic) bond motifs is 1. The fourth-order valence-electron chi connectivity index (χ4n) is 2.26. The predicted molar refractivity (Wildman–Crippen MR) is 112 cm³/mol. The minimum Gasteiger partial charge on any atom is -0.376 e. The van der Waals surface area contributed by atoms with Gasteiger partial charge in [-0.2, -0.15) is 5.26 Å². The third-order valence-electron chi connectivity index (χ3n) is 3.30. The van der Waals surface area contributed by atoms with Crippen LogP contribution in [0.2, 0.25) is 10.0 Å². The van der Waals surface area contributed by atoms with E-state index in [0.29, 0.717) is 15.6 Å². The summed E-state index contributed by atoms with van der Waals surface area (Å²) < 4.78 is 0. The van der Waals surface area contributed by atoms with Gasteiger partial charge in [0.15, 0.2) is 8.38 Å². The molecular formula is C18H15Cl2N2O2PS. The molecule has 4 nitrogen and oxygen atoms in total. The molecule has 0 fully saturated rings. The van der Waals surface area contributed by atoms with Gasteiger partial charge < -0.3 is 15.1 Å². The number of halogens is 2. The highest BCUT2D eigenvalue weighted by Gasteiger charge is 2.05. The van der Waals surface area contributed by atoms with Gasteiger partial charge in [0.1, 0.15) is 0 Å². The van der Waals surface area contributed by atoms with Crippen LogP contribution in [0.5, 0.6) is 0 Å². The van der Waals surface area contributed by atoms with Crippen LogP contribution in [0.25, 0.3) is 10.8 Å². The van der Waals surface area contributed by atoms with E-state index in [4.69, 9.17) is 38.3 Å². The Morgan fingerprint density at radius 1 is 1.00 bits per heavy atom. The summed E-state index contributed by atoms with van der Waals surface area (Å²) in [7, 11) is -1.97. The normalized spacial score (nSPS) is 10.2. The summed E-state index contributed by atoms with van der Waals surface area (Å²) in [5.74, 6) is 0. The summed E-state index contributed by atoms with van der Waals surface area (Å²) in [6.07, 6.45) is 0.116. The Balaban J connectivity index is 0.000000228. The maximum absolute atomic E-state index is 9.00. The molecule has 3 aromatic rings. The first kappa shape index (κ1) is 20.8. The highest BCUT2D eigenvalue weighted by molar-refractivity contribution is 7.80. The van der Waals surface area contributed by atoms with Gasteiger partial charge >= 0.3 is 0 Å². The van der Waals surface area contributed by atoms with Crippen LogP contribution >= 0.6 is 44.2 Å². The van der Waals surface area contributed by atoms with Crippen molar-refractivity contribution in [3.63, 3.8) is 0 Å². The van der Waals surface area contributed by atoms with E-state index in [0.717, 1.165) is 21.4 Å². The highest BCUT2D eigenvalue weighted by Crippen LogP contribution is 2.29. The molecule has 0 aliphatic carbocycles. The second kappa shape index (κ2) is 9.99. The van der Waals surface area contributed by atoms with Crippen molar-refractivity contribution in [2.24, 2.45) is 0 Å². The fraction of sp³-hybridized carbons (Fsp3) is 0.0556. The molecule has 3 rings (SSSR count). The largest absolute Gasteiger partial charge is 0.376 e. The number of benzene rings is 3. The molecule has 26 heavy (non-hydrogen) atoms. The third-order valence-corrected chi connectivity index (χ3v) is 4.44. The molecule has 134 valence electrons. The van der Waals surface area contributed by atoms with E-state index in [2.05, 4.69) is 24.0 Å². The lowest BCUT2D eigenvalue weighted by Gasteiger charge is -2.10. The first-order chi connectivity index (χ1) is 12.4. The SMILES string of the molecule is N#Cc1cccc2c(NCP(O)O)cccc12.Sc1cc(Cl)cc(Cl)c1. The lowest BCUT2D eigenvalue weighted by Crippen LogP contribution is -2.00. The van der Waals surface area contributed by atoms with Gasteiger partial charge in [0.05, 0.1) is 17.9 Å². The van der Waals surface area contributed by atoms with Gasteiger partial charge in [-0.1, -0.05) is 47.5 Å². The average Bonchev–Trinajstić information content (AvgIpc) is 2.58. The Morgan fingerprint density at radius 3 is 2.19 bits per heavy atom. The van der Waals surface area contributed by atoms with Crippen molar-refractivity contribution in [2.45, 2.75) is 4.90 Å². The van der Waals surface area contributed by atoms with Gasteiger partial charge in [-0.25, -0.2) is 0 Å². The predicted octanol–water partition coefficient (Wildman–Crippen LogP) is 5.66. The number of anilines is 1. The van der Waals surface area contributed by atoms with Crippen molar-refractivity contribution in [2.75, 3.05) is 11.6 Å². The van der Waals surface area contributed by atoms with Crippen LogP contribution in [0.4, 0.5) is 5.69 Å². The van der Waals surface area contributed by atoms with Gasteiger partial charge in [0.25, 0.3) is 0 Å². The zero-order valence-corrected chi connectivity index (χ0v) is 16.7. The molecule has 0 aliphatic rings. The molecule has 8 heteroatoms. The van der Waals surface area contributed by atoms with Gasteiger partial charge in [0, 0.05) is 31.4 Å². The first-order valence-corrected chi connectivity index (χ1v) is 10.0. The fourth-order valence-corrected chi connectivity index (χ4v) is 3.52. The molecule has 0 spiro atoms. The zero-order chi connectivity index (χ0) is 19.1. The van der Waals surface area contributed by atoms with Crippen molar-refractivity contribution < 1.29 is 9.79 Å². The number of hydrogen-bond acceptors (Lipinski definition) is 5. The molecule has 0 heterocycles. The smallest absolute Gasteiger partial charge is 0.185 e. The van der Waals surface area contributed by atoms with Crippen LogP contribution in [-0.4, -0.2) is 16.1 Å². The molecule has 3 N–H and O–H groups in total. The molecule has 0 aromatic heterocycles. The van der Waals surface area contributed by atoms with E-state index in [-0.39, 0.29) is 6.29 Å². The Bertz CT molecular complexity index is 898. The van der Waals surface area contributed by atoms with Gasteiger partial charge in [-0.3, -0.25) is 0 Å². The van der Waals surface area contributed by atoms with Crippen LogP contribution < -0.4 is 5.32 Å². The van der Waals surface area contributed by atoms with E-state index in [1.165, 1.54) is 0 Å². The Labute approximate surface area is 168 Å². The molecule has 0 atom stereocenters. The summed E-state index contributed by atoms with van der Waals surface area (Å²) in [5, 5.41) is 15.0. The number of nitriles is 1. The quantitative estimate of drug-likeness (QED) is 0.323. The summed E-state index contributed by atoms with van der Waals surface area (Å²) in [6.45, 7) is 0. The van der Waals surface area contributed by atoms with Crippen LogP contribution in [-0.2, 0) is 0 Å². The number of hydrogen-bond donors (Lipinski definition) is 4. The summed E-state index contributed by atoms with van der Waals surface area (Å²) in [6, 6.07) is 18.3. The Kier molecular flexibility index (Phi) is 7.99. The molecule has 3 aromatic carbocycles. The molecule has 0 saturated heterocycles. The minimum atomic E-state index is -1.97. The summed E-state index contributed by atoms with van der Waals surface area (Å²) in [5.41, 5.74) is 1.41. The van der Waals surface area contributed by atoms with Crippen molar-refractivity contribution in [1.82, 2.24) is 0 Å². The third kappa shape index (κ3) is 6.03. The second-order valence-electron chi connectivity index (χ2n) is 5.15. The molecule has 0 unspecified atom stereocenters. The van der Waals surface area contributed by atoms with Crippen molar-refractivity contribution in [3.8, 4) is 6.07 Å². The number of thiol groups is 1. The number of nitrogens with zero attached hydrogens (tertiary/aromatic N) is 1. The van der Waals surface area contributed by atoms with E-state index < -0.39 is 8.38 Å². The monoisotopic (exact) mass is 424 g/mol. The van der Waals surface area contributed by atoms with Crippen LogP contribution in [0.15, 0.2) is 59.5 Å². The topological polar surface area (TPSA) is 76.3 Å². The van der Waals surface area contributed by atoms with Crippen molar-refractivity contribution >= 4 is 60.7 Å². The number of rotatable bonds is 3. The molecule has 0 aliphatic heterocycles. The second-order valence-corrected chi connectivity index (χ2v) is 7.60. The molecule has 0 saturated carbocycles. The average molecular weight is 425 g/mol. The van der Waals surface area contributed by atoms with Crippen molar-refractivity contribution in [3.05, 3.63) is 70.2 Å². The van der Waals surface area contributed by atoms with E-state index >= 15 is 0 Å². The highest BCUT2D eigenvalue weighted by atomic mass is 35.5. The molecule has 0 bridgehead atoms. The maximum Gasteiger partial charge on any atom is 0.185 e. The number of nitrogens with one attached hydrogen (secondary N) is 1. The molecule has 0 radical (unpaired) electrons. The minimum absolute atomic E-state index is 0.116. The van der Waals surface area contributed by atoms with E-state index in [1.54, 1.807) is 24.3 Å². The van der Waals surface area contributed by atoms with Crippen LogP contribution in [0.1, 0.15) is 5.56 Å². The van der Waals surface area contributed by atoms with E-state index in [1.807, 2.05) is 30.3 Å². The maximum atomic E-state index is 9.00. The van der Waals surface area contributed by atoms with Gasteiger partial charge in [-0.15, -0.1) is 12.6 Å². The molecule has 0 amide bonds. The van der Waals surface area contributed by atoms with Crippen LogP contribution in [0.3, 0.4) is 0 Å². The zero-order valence-electron chi connectivity index (χ0n) is 13.4. The standard InChI is InChI=1S/C12H11N2O2P.C6H4Cl2S/c13-7-9-3-1-5-11-10(9)4-2-6-12(11)14-8-17(15)16;7-4-1-5(8)3-6(9)2-4/h1-6,14-16H,8H2;1-3,9H. The van der Waals surface area contributed by atoms with Gasteiger partial charge in [-0.05, 0) is 30.3 Å². The van der Waals surface area contributed by atoms with E-state index in [9.17, 15) is 0 Å². The van der Waals surface area contributed by atoms with Crippen molar-refractivity contribution in [1.29, 1.82) is 5.26 Å². The first-order valence-electron chi connectivity index (χ1n) is 7.37. The lowest BCUT2D eigenvalue weighted by atomic mass is 10.0. The molecular weight excluding hydrogens is 410 g/mol.